The smallest absolute Gasteiger partial charge is 0.199 e. The second-order valence-corrected chi connectivity index (χ2v) is 3.38. The summed E-state index contributed by atoms with van der Waals surface area (Å²) >= 11 is 5.00. The van der Waals surface area contributed by atoms with E-state index < -0.39 is 0 Å². The minimum absolute atomic E-state index is 0.462. The van der Waals surface area contributed by atoms with Crippen molar-refractivity contribution in [2.75, 3.05) is 5.32 Å². The Hall–Kier alpha value is -1.75. The number of benzene rings is 1. The second kappa shape index (κ2) is 2.62. The highest BCUT2D eigenvalue weighted by Gasteiger charge is 2.09. The topological polar surface area (TPSA) is 53.1 Å². The maximum absolute atomic E-state index is 5.00. The molecule has 14 heavy (non-hydrogen) atoms. The van der Waals surface area contributed by atoms with Crippen LogP contribution in [0, 0.1) is 4.77 Å². The second-order valence-electron chi connectivity index (χ2n) is 3.00. The third kappa shape index (κ3) is 0.958. The Morgan fingerprint density at radius 3 is 3.14 bits per heavy atom. The average Bonchev–Trinajstić information content (AvgIpc) is 2.18. The van der Waals surface area contributed by atoms with E-state index in [1.165, 1.54) is 0 Å². The lowest BCUT2D eigenvalue weighted by Gasteiger charge is -2.11. The zero-order chi connectivity index (χ0) is 9.54. The first-order valence-electron chi connectivity index (χ1n) is 4.17. The number of rotatable bonds is 0. The van der Waals surface area contributed by atoms with Crippen LogP contribution in [0.1, 0.15) is 0 Å². The Bertz CT molecular complexity index is 599. The molecular weight excluding hydrogens is 196 g/mol. The first kappa shape index (κ1) is 7.64. The van der Waals surface area contributed by atoms with Crippen molar-refractivity contribution in [3.05, 3.63) is 23.0 Å². The Kier molecular flexibility index (Phi) is 1.43. The maximum atomic E-state index is 5.00. The van der Waals surface area contributed by atoms with Gasteiger partial charge in [-0.15, -0.1) is 0 Å². The van der Waals surface area contributed by atoms with Gasteiger partial charge in [0.05, 0.1) is 22.9 Å². The van der Waals surface area contributed by atoms with E-state index in [0.717, 1.165) is 16.6 Å². The van der Waals surface area contributed by atoms with Gasteiger partial charge in [0, 0.05) is 0 Å². The van der Waals surface area contributed by atoms with E-state index in [0.29, 0.717) is 10.6 Å². The quantitative estimate of drug-likeness (QED) is 0.645. The fraction of sp³-hybridized carbons (Fsp3) is 0. The van der Waals surface area contributed by atoms with Gasteiger partial charge in [-0.1, -0.05) is 6.07 Å². The molecule has 1 aliphatic heterocycles. The van der Waals surface area contributed by atoms with Crippen molar-refractivity contribution in [3.63, 3.8) is 0 Å². The number of aromatic amines is 1. The van der Waals surface area contributed by atoms with E-state index in [1.54, 1.807) is 6.34 Å². The third-order valence-electron chi connectivity index (χ3n) is 2.14. The van der Waals surface area contributed by atoms with E-state index >= 15 is 0 Å². The van der Waals surface area contributed by atoms with Crippen LogP contribution in [0.15, 0.2) is 23.2 Å². The molecule has 0 fully saturated rings. The van der Waals surface area contributed by atoms with Crippen LogP contribution in [0.25, 0.3) is 10.9 Å². The first-order chi connectivity index (χ1) is 6.84. The molecule has 0 unspecified atom stereocenters. The molecule has 0 aliphatic carbocycles. The van der Waals surface area contributed by atoms with Gasteiger partial charge in [0.2, 0.25) is 0 Å². The van der Waals surface area contributed by atoms with Crippen LogP contribution in [0.3, 0.4) is 0 Å². The molecule has 0 radical (unpaired) electrons. The van der Waals surface area contributed by atoms with E-state index in [9.17, 15) is 0 Å². The zero-order valence-corrected chi connectivity index (χ0v) is 7.93. The third-order valence-corrected chi connectivity index (χ3v) is 2.34. The summed E-state index contributed by atoms with van der Waals surface area (Å²) in [6, 6.07) is 5.90. The van der Waals surface area contributed by atoms with E-state index in [2.05, 4.69) is 20.3 Å². The molecule has 0 amide bonds. The summed E-state index contributed by atoms with van der Waals surface area (Å²) in [7, 11) is 0. The largest absolute Gasteiger partial charge is 0.346 e. The van der Waals surface area contributed by atoms with Gasteiger partial charge in [-0.05, 0) is 24.4 Å². The van der Waals surface area contributed by atoms with Crippen molar-refractivity contribution in [1.29, 1.82) is 0 Å². The zero-order valence-electron chi connectivity index (χ0n) is 7.11. The standard InChI is InChI=1S/C9H6N4S/c14-9-12-6-3-1-2-5-7(6)8(13-9)11-4-10-5/h1-4H,(H2,10,11,12,13,14). The Labute approximate surface area is 84.7 Å². The van der Waals surface area contributed by atoms with Crippen molar-refractivity contribution in [2.45, 2.75) is 0 Å². The Morgan fingerprint density at radius 2 is 2.21 bits per heavy atom. The number of aromatic nitrogens is 2. The summed E-state index contributed by atoms with van der Waals surface area (Å²) in [6.07, 6.45) is 1.62. The van der Waals surface area contributed by atoms with Gasteiger partial charge in [0.1, 0.15) is 0 Å². The van der Waals surface area contributed by atoms with Gasteiger partial charge in [-0.2, -0.15) is 4.98 Å². The lowest BCUT2D eigenvalue weighted by molar-refractivity contribution is 1.17. The lowest BCUT2D eigenvalue weighted by atomic mass is 10.2. The molecular formula is C9H6N4S. The fourth-order valence-electron chi connectivity index (χ4n) is 1.57. The molecule has 0 saturated carbocycles. The Morgan fingerprint density at radius 1 is 1.29 bits per heavy atom. The molecule has 1 aliphatic rings. The molecule has 2 heterocycles. The molecule has 0 spiro atoms. The molecule has 5 heteroatoms. The maximum Gasteiger partial charge on any atom is 0.199 e. The predicted octanol–water partition coefficient (Wildman–Crippen LogP) is 2.38. The van der Waals surface area contributed by atoms with Crippen LogP contribution in [-0.2, 0) is 0 Å². The van der Waals surface area contributed by atoms with E-state index in [-0.39, 0.29) is 0 Å². The summed E-state index contributed by atoms with van der Waals surface area (Å²) in [4.78, 5) is 11.3. The van der Waals surface area contributed by atoms with Crippen molar-refractivity contribution in [1.82, 2.24) is 9.97 Å². The number of hydrogen-bond acceptors (Lipinski definition) is 4. The molecule has 1 aromatic heterocycles. The summed E-state index contributed by atoms with van der Waals surface area (Å²) < 4.78 is 0.462. The van der Waals surface area contributed by atoms with Gasteiger partial charge in [0.15, 0.2) is 10.6 Å². The van der Waals surface area contributed by atoms with Gasteiger partial charge in [-0.3, -0.25) is 0 Å². The summed E-state index contributed by atoms with van der Waals surface area (Å²) in [5.41, 5.74) is 1.97. The van der Waals surface area contributed by atoms with Crippen LogP contribution in [0.2, 0.25) is 0 Å². The summed E-state index contributed by atoms with van der Waals surface area (Å²) in [5, 5.41) is 4.05. The van der Waals surface area contributed by atoms with Crippen LogP contribution in [0.5, 0.6) is 0 Å². The molecule has 2 aromatic rings. The minimum Gasteiger partial charge on any atom is -0.346 e. The highest BCUT2D eigenvalue weighted by Crippen LogP contribution is 2.31. The molecule has 0 saturated heterocycles. The van der Waals surface area contributed by atoms with Crippen LogP contribution in [0.4, 0.5) is 11.5 Å². The predicted molar refractivity (Wildman–Crippen MR) is 58.7 cm³/mol. The van der Waals surface area contributed by atoms with Crippen LogP contribution >= 0.6 is 12.2 Å². The first-order valence-corrected chi connectivity index (χ1v) is 4.57. The molecule has 0 bridgehead atoms. The average molecular weight is 202 g/mol. The number of hydrogen-bond donors (Lipinski definition) is 2. The molecule has 2 N–H and O–H groups in total. The van der Waals surface area contributed by atoms with Crippen LogP contribution in [-0.4, -0.2) is 16.3 Å². The normalized spacial score (nSPS) is 12.9. The van der Waals surface area contributed by atoms with Gasteiger partial charge in [-0.25, -0.2) is 4.99 Å². The van der Waals surface area contributed by atoms with Crippen molar-refractivity contribution >= 4 is 41.0 Å². The van der Waals surface area contributed by atoms with Crippen molar-refractivity contribution < 1.29 is 0 Å². The highest BCUT2D eigenvalue weighted by atomic mass is 32.1. The fourth-order valence-corrected chi connectivity index (χ4v) is 1.77. The van der Waals surface area contributed by atoms with Gasteiger partial charge < -0.3 is 10.3 Å². The number of H-pyrrole nitrogens is 1. The van der Waals surface area contributed by atoms with Gasteiger partial charge in [0.25, 0.3) is 0 Å². The number of nitrogens with one attached hydrogen (secondary N) is 2. The lowest BCUT2D eigenvalue weighted by Crippen LogP contribution is -2.01. The summed E-state index contributed by atoms with van der Waals surface area (Å²) in [5.74, 6) is 0.679. The van der Waals surface area contributed by atoms with E-state index in [1.807, 2.05) is 18.2 Å². The summed E-state index contributed by atoms with van der Waals surface area (Å²) in [6.45, 7) is 0. The van der Waals surface area contributed by atoms with Gasteiger partial charge >= 0.3 is 0 Å². The molecule has 0 atom stereocenters. The molecule has 68 valence electrons. The number of anilines is 1. The number of aliphatic imine (C=N–C) groups is 1. The van der Waals surface area contributed by atoms with Crippen LogP contribution < -0.4 is 5.32 Å². The minimum atomic E-state index is 0.462. The van der Waals surface area contributed by atoms with Crippen molar-refractivity contribution in [3.8, 4) is 0 Å². The SMILES string of the molecule is S=c1nc2c3c(cccc3[nH]1)NC=N2. The molecule has 1 aromatic carbocycles. The monoisotopic (exact) mass is 202 g/mol. The highest BCUT2D eigenvalue weighted by molar-refractivity contribution is 7.71. The van der Waals surface area contributed by atoms with E-state index in [4.69, 9.17) is 12.2 Å². The molecule has 4 nitrogen and oxygen atoms in total. The Balaban J connectivity index is 2.60. The number of nitrogens with zero attached hydrogens (tertiary/aromatic N) is 2. The molecule has 3 rings (SSSR count). The van der Waals surface area contributed by atoms with Crippen molar-refractivity contribution in [2.24, 2.45) is 4.99 Å².